The fourth-order valence-electron chi connectivity index (χ4n) is 3.51. The summed E-state index contributed by atoms with van der Waals surface area (Å²) in [5, 5.41) is 14.0. The van der Waals surface area contributed by atoms with Crippen LogP contribution in [0.3, 0.4) is 0 Å². The number of hydrogen-bond acceptors (Lipinski definition) is 3. The van der Waals surface area contributed by atoms with Crippen LogP contribution >= 0.6 is 0 Å². The number of hydrogen-bond donors (Lipinski definition) is 2. The summed E-state index contributed by atoms with van der Waals surface area (Å²) >= 11 is 0. The van der Waals surface area contributed by atoms with Gasteiger partial charge in [0.2, 0.25) is 0 Å². The molecule has 0 aliphatic heterocycles. The number of fused-ring (bicyclic) bond motifs is 5. The molecule has 0 radical (unpaired) electrons. The van der Waals surface area contributed by atoms with Crippen LogP contribution in [0.25, 0.3) is 44.0 Å². The van der Waals surface area contributed by atoms with Crippen LogP contribution in [0.15, 0.2) is 60.9 Å². The first-order chi connectivity index (χ1) is 12.2. The van der Waals surface area contributed by atoms with Gasteiger partial charge in [-0.1, -0.05) is 18.2 Å². The molecule has 4 nitrogen and oxygen atoms in total. The van der Waals surface area contributed by atoms with E-state index in [0.717, 1.165) is 44.0 Å². The zero-order valence-corrected chi connectivity index (χ0v) is 13.6. The number of para-hydroxylation sites is 1. The van der Waals surface area contributed by atoms with Crippen molar-refractivity contribution >= 4 is 32.7 Å². The first-order valence-electron chi connectivity index (χ1n) is 8.17. The third-order valence-electron chi connectivity index (χ3n) is 4.70. The maximum absolute atomic E-state index is 9.59. The monoisotopic (exact) mass is 325 g/mol. The number of nitrogens with one attached hydrogen (secondary N) is 1. The van der Waals surface area contributed by atoms with Gasteiger partial charge >= 0.3 is 0 Å². The Kier molecular flexibility index (Phi) is 2.82. The number of H-pyrrole nitrogens is 1. The summed E-state index contributed by atoms with van der Waals surface area (Å²) in [6.45, 7) is 2.09. The highest BCUT2D eigenvalue weighted by Gasteiger charge is 2.15. The fraction of sp³-hybridized carbons (Fsp3) is 0.0476. The normalized spacial score (nSPS) is 11.6. The van der Waals surface area contributed by atoms with E-state index in [1.807, 2.05) is 42.7 Å². The predicted octanol–water partition coefficient (Wildman–Crippen LogP) is 4.95. The molecule has 5 rings (SSSR count). The molecule has 0 amide bonds. The van der Waals surface area contributed by atoms with Crippen LogP contribution in [0.5, 0.6) is 5.75 Å². The Morgan fingerprint density at radius 3 is 2.56 bits per heavy atom. The van der Waals surface area contributed by atoms with Crippen molar-refractivity contribution in [3.8, 4) is 17.0 Å². The molecule has 0 atom stereocenters. The Morgan fingerprint density at radius 1 is 0.920 bits per heavy atom. The van der Waals surface area contributed by atoms with E-state index in [4.69, 9.17) is 4.98 Å². The van der Waals surface area contributed by atoms with Crippen molar-refractivity contribution < 1.29 is 5.11 Å². The van der Waals surface area contributed by atoms with Gasteiger partial charge in [-0.2, -0.15) is 0 Å². The number of aromatic amines is 1. The molecule has 0 bridgehead atoms. The number of nitrogens with zero attached hydrogens (tertiary/aromatic N) is 2. The van der Waals surface area contributed by atoms with Gasteiger partial charge in [0.25, 0.3) is 0 Å². The van der Waals surface area contributed by atoms with E-state index in [0.29, 0.717) is 0 Å². The number of aromatic hydroxyl groups is 1. The lowest BCUT2D eigenvalue weighted by Gasteiger charge is -2.10. The van der Waals surface area contributed by atoms with Crippen molar-refractivity contribution in [3.05, 3.63) is 66.5 Å². The van der Waals surface area contributed by atoms with E-state index < -0.39 is 0 Å². The van der Waals surface area contributed by atoms with Crippen molar-refractivity contribution in [2.24, 2.45) is 0 Å². The van der Waals surface area contributed by atoms with Crippen molar-refractivity contribution in [1.82, 2.24) is 15.0 Å². The summed E-state index contributed by atoms with van der Waals surface area (Å²) < 4.78 is 0. The van der Waals surface area contributed by atoms with Crippen LogP contribution in [-0.4, -0.2) is 20.1 Å². The lowest BCUT2D eigenvalue weighted by atomic mass is 9.99. The number of aryl methyl sites for hydroxylation is 1. The summed E-state index contributed by atoms with van der Waals surface area (Å²) in [5.41, 5.74) is 4.82. The molecule has 120 valence electrons. The van der Waals surface area contributed by atoms with E-state index in [1.54, 1.807) is 12.1 Å². The molecule has 0 spiro atoms. The molecule has 0 saturated carbocycles. The topological polar surface area (TPSA) is 61.8 Å². The lowest BCUT2D eigenvalue weighted by molar-refractivity contribution is 0.475. The maximum Gasteiger partial charge on any atom is 0.138 e. The van der Waals surface area contributed by atoms with E-state index in [2.05, 4.69) is 23.0 Å². The molecule has 25 heavy (non-hydrogen) atoms. The van der Waals surface area contributed by atoms with Crippen LogP contribution in [-0.2, 0) is 0 Å². The van der Waals surface area contributed by atoms with Crippen molar-refractivity contribution in [1.29, 1.82) is 0 Å². The number of benzene rings is 2. The molecule has 0 saturated heterocycles. The number of pyridine rings is 2. The summed E-state index contributed by atoms with van der Waals surface area (Å²) in [5.74, 6) is 0.244. The first-order valence-corrected chi connectivity index (χ1v) is 8.17. The summed E-state index contributed by atoms with van der Waals surface area (Å²) in [6.07, 6.45) is 3.89. The van der Waals surface area contributed by atoms with Crippen molar-refractivity contribution in [2.45, 2.75) is 6.92 Å². The largest absolute Gasteiger partial charge is 0.508 e. The SMILES string of the molecule is Cc1c[nH]c2nc(-c3ccc(O)cc3)c3cnc4ccccc4c3c12. The van der Waals surface area contributed by atoms with Gasteiger partial charge in [-0.3, -0.25) is 4.98 Å². The van der Waals surface area contributed by atoms with Gasteiger partial charge < -0.3 is 10.1 Å². The molecule has 3 aromatic heterocycles. The molecule has 4 heteroatoms. The number of aromatic nitrogens is 3. The molecule has 2 N–H and O–H groups in total. The van der Waals surface area contributed by atoms with Gasteiger partial charge in [-0.05, 0) is 42.8 Å². The Bertz CT molecular complexity index is 1250. The zero-order valence-electron chi connectivity index (χ0n) is 13.6. The number of phenolic OH excluding ortho intramolecular Hbond substituents is 1. The molecule has 2 aromatic carbocycles. The zero-order chi connectivity index (χ0) is 17.0. The van der Waals surface area contributed by atoms with Gasteiger partial charge in [-0.25, -0.2) is 4.98 Å². The van der Waals surface area contributed by atoms with Crippen molar-refractivity contribution in [2.75, 3.05) is 0 Å². The number of rotatable bonds is 1. The lowest BCUT2D eigenvalue weighted by Crippen LogP contribution is -1.92. The first kappa shape index (κ1) is 14.0. The maximum atomic E-state index is 9.59. The van der Waals surface area contributed by atoms with Crippen LogP contribution in [0.1, 0.15) is 5.56 Å². The van der Waals surface area contributed by atoms with Crippen LogP contribution < -0.4 is 0 Å². The second kappa shape index (κ2) is 5.05. The molecule has 0 unspecified atom stereocenters. The van der Waals surface area contributed by atoms with Crippen LogP contribution in [0.4, 0.5) is 0 Å². The van der Waals surface area contributed by atoms with E-state index >= 15 is 0 Å². The Labute approximate surface area is 143 Å². The summed E-state index contributed by atoms with van der Waals surface area (Å²) in [7, 11) is 0. The molecule has 3 heterocycles. The highest BCUT2D eigenvalue weighted by atomic mass is 16.3. The van der Waals surface area contributed by atoms with Gasteiger partial charge in [0, 0.05) is 39.5 Å². The minimum atomic E-state index is 0.244. The predicted molar refractivity (Wildman–Crippen MR) is 101 cm³/mol. The Morgan fingerprint density at radius 2 is 1.72 bits per heavy atom. The second-order valence-corrected chi connectivity index (χ2v) is 6.27. The highest BCUT2D eigenvalue weighted by Crippen LogP contribution is 2.37. The average molecular weight is 325 g/mol. The van der Waals surface area contributed by atoms with E-state index in [9.17, 15) is 5.11 Å². The summed E-state index contributed by atoms with van der Waals surface area (Å²) in [4.78, 5) is 12.8. The third kappa shape index (κ3) is 2.01. The minimum absolute atomic E-state index is 0.244. The molecule has 0 aliphatic rings. The molecule has 0 aliphatic carbocycles. The second-order valence-electron chi connectivity index (χ2n) is 6.27. The Hall–Kier alpha value is -3.40. The van der Waals surface area contributed by atoms with Gasteiger partial charge in [0.05, 0.1) is 11.2 Å². The average Bonchev–Trinajstić information content (AvgIpc) is 3.02. The summed E-state index contributed by atoms with van der Waals surface area (Å²) in [6, 6.07) is 15.3. The van der Waals surface area contributed by atoms with Gasteiger partial charge in [0.15, 0.2) is 0 Å². The van der Waals surface area contributed by atoms with Crippen LogP contribution in [0.2, 0.25) is 0 Å². The highest BCUT2D eigenvalue weighted by molar-refractivity contribution is 6.21. The fourth-order valence-corrected chi connectivity index (χ4v) is 3.51. The smallest absolute Gasteiger partial charge is 0.138 e. The standard InChI is InChI=1S/C21H15N3O/c1-12-10-23-21-18(12)19-15-4-2-3-5-17(15)22-11-16(19)20(24-21)13-6-8-14(25)9-7-13/h2-11,25H,1H3,(H,23,24). The molecular formula is C21H15N3O. The molecule has 5 aromatic rings. The van der Waals surface area contributed by atoms with Gasteiger partial charge in [-0.15, -0.1) is 0 Å². The van der Waals surface area contributed by atoms with E-state index in [1.165, 1.54) is 5.56 Å². The third-order valence-corrected chi connectivity index (χ3v) is 4.70. The van der Waals surface area contributed by atoms with Gasteiger partial charge in [0.1, 0.15) is 11.4 Å². The minimum Gasteiger partial charge on any atom is -0.508 e. The quantitative estimate of drug-likeness (QED) is 0.429. The molecule has 0 fully saturated rings. The Balaban J connectivity index is 2.02. The van der Waals surface area contributed by atoms with E-state index in [-0.39, 0.29) is 5.75 Å². The van der Waals surface area contributed by atoms with Crippen LogP contribution in [0, 0.1) is 6.92 Å². The molecular weight excluding hydrogens is 310 g/mol. The van der Waals surface area contributed by atoms with Crippen molar-refractivity contribution in [3.63, 3.8) is 0 Å². The number of phenols is 1.